The zero-order valence-electron chi connectivity index (χ0n) is 19.4. The average Bonchev–Trinajstić information content (AvgIpc) is 2.80. The van der Waals surface area contributed by atoms with Crippen molar-refractivity contribution in [2.24, 2.45) is 0 Å². The van der Waals surface area contributed by atoms with E-state index in [2.05, 4.69) is 159 Å². The Balaban J connectivity index is 1.56. The van der Waals surface area contributed by atoms with Gasteiger partial charge in [0.2, 0.25) is 0 Å². The van der Waals surface area contributed by atoms with Gasteiger partial charge in [0.25, 0.3) is 0 Å². The van der Waals surface area contributed by atoms with Crippen molar-refractivity contribution in [3.63, 3.8) is 0 Å². The van der Waals surface area contributed by atoms with Crippen molar-refractivity contribution in [1.29, 1.82) is 0 Å². The summed E-state index contributed by atoms with van der Waals surface area (Å²) in [5.74, 6) is 0. The molecule has 0 aromatic heterocycles. The predicted octanol–water partition coefficient (Wildman–Crippen LogP) is 7.27. The van der Waals surface area contributed by atoms with E-state index in [-0.39, 0.29) is 0 Å². The van der Waals surface area contributed by atoms with Gasteiger partial charge in [0.1, 0.15) is 0 Å². The molecule has 162 valence electrons. The quantitative estimate of drug-likeness (QED) is 0.354. The Bertz CT molecular complexity index is 1010. The summed E-state index contributed by atoms with van der Waals surface area (Å²) >= 11 is 0. The van der Waals surface area contributed by atoms with E-state index in [4.69, 9.17) is 0 Å². The number of allylic oxidation sites excluding steroid dienone is 4. The number of rotatable bonds is 8. The summed E-state index contributed by atoms with van der Waals surface area (Å²) in [7, 11) is 8.21. The van der Waals surface area contributed by atoms with Crippen molar-refractivity contribution in [3.05, 3.63) is 119 Å². The summed E-state index contributed by atoms with van der Waals surface area (Å²) in [4.78, 5) is 4.21. The van der Waals surface area contributed by atoms with Gasteiger partial charge in [-0.25, -0.2) is 0 Å². The van der Waals surface area contributed by atoms with Crippen LogP contribution in [0, 0.1) is 0 Å². The van der Waals surface area contributed by atoms with Crippen LogP contribution in [0.2, 0.25) is 0 Å². The lowest BCUT2D eigenvalue weighted by Gasteiger charge is -2.11. The molecule has 32 heavy (non-hydrogen) atoms. The molecule has 0 aliphatic rings. The van der Waals surface area contributed by atoms with Crippen LogP contribution in [0.25, 0.3) is 24.3 Å². The van der Waals surface area contributed by atoms with E-state index in [1.807, 2.05) is 0 Å². The molecule has 2 nitrogen and oxygen atoms in total. The zero-order valence-corrected chi connectivity index (χ0v) is 19.4. The van der Waals surface area contributed by atoms with Gasteiger partial charge >= 0.3 is 0 Å². The lowest BCUT2D eigenvalue weighted by atomic mass is 10.1. The van der Waals surface area contributed by atoms with Gasteiger partial charge in [0.15, 0.2) is 0 Å². The molecule has 3 aromatic rings. The first-order valence-electron chi connectivity index (χ1n) is 10.9. The standard InChI is InChI=1S/C30H32N2/c1-31(2)29-20-16-25(17-21-29)10-5-7-12-27-14-9-15-28(24-27)13-8-6-11-26-18-22-30(23-19-26)32(3)4/h5-24H,1-4H3. The minimum absolute atomic E-state index is 1.18. The van der Waals surface area contributed by atoms with Crippen LogP contribution in [0.15, 0.2) is 97.1 Å². The van der Waals surface area contributed by atoms with E-state index in [9.17, 15) is 0 Å². The highest BCUT2D eigenvalue weighted by Crippen LogP contribution is 2.15. The average molecular weight is 421 g/mol. The highest BCUT2D eigenvalue weighted by atomic mass is 15.1. The van der Waals surface area contributed by atoms with Crippen molar-refractivity contribution >= 4 is 35.7 Å². The third kappa shape index (κ3) is 7.17. The molecule has 0 saturated carbocycles. The topological polar surface area (TPSA) is 6.48 Å². The molecule has 2 heteroatoms. The van der Waals surface area contributed by atoms with Gasteiger partial charge in [0.05, 0.1) is 0 Å². The highest BCUT2D eigenvalue weighted by molar-refractivity contribution is 5.63. The third-order valence-corrected chi connectivity index (χ3v) is 5.11. The third-order valence-electron chi connectivity index (χ3n) is 5.11. The number of hydrogen-bond donors (Lipinski definition) is 0. The Hall–Kier alpha value is -3.78. The smallest absolute Gasteiger partial charge is 0.0361 e. The Labute approximate surface area is 193 Å². The van der Waals surface area contributed by atoms with Crippen molar-refractivity contribution in [2.75, 3.05) is 38.0 Å². The minimum atomic E-state index is 1.18. The molecular formula is C30H32N2. The Morgan fingerprint density at radius 2 is 0.781 bits per heavy atom. The maximum absolute atomic E-state index is 2.19. The molecule has 0 bridgehead atoms. The van der Waals surface area contributed by atoms with Crippen molar-refractivity contribution < 1.29 is 0 Å². The van der Waals surface area contributed by atoms with Crippen molar-refractivity contribution in [3.8, 4) is 0 Å². The molecule has 0 heterocycles. The SMILES string of the molecule is CN(C)c1ccc(C=CC=Cc2cccc(C=CC=Cc3ccc(N(C)C)cc3)c2)cc1. The van der Waals surface area contributed by atoms with E-state index in [1.54, 1.807) is 0 Å². The van der Waals surface area contributed by atoms with Crippen LogP contribution in [-0.4, -0.2) is 28.2 Å². The molecule has 0 aliphatic heterocycles. The predicted molar refractivity (Wildman–Crippen MR) is 144 cm³/mol. The molecule has 0 aliphatic carbocycles. The summed E-state index contributed by atoms with van der Waals surface area (Å²) in [5.41, 5.74) is 7.17. The second kappa shape index (κ2) is 11.6. The van der Waals surface area contributed by atoms with E-state index in [0.29, 0.717) is 0 Å². The Morgan fingerprint density at radius 1 is 0.438 bits per heavy atom. The van der Waals surface area contributed by atoms with Crippen LogP contribution in [0.1, 0.15) is 22.3 Å². The fourth-order valence-electron chi connectivity index (χ4n) is 3.20. The monoisotopic (exact) mass is 420 g/mol. The minimum Gasteiger partial charge on any atom is -0.378 e. The van der Waals surface area contributed by atoms with Crippen LogP contribution in [0.5, 0.6) is 0 Å². The summed E-state index contributed by atoms with van der Waals surface area (Å²) in [6.45, 7) is 0. The lowest BCUT2D eigenvalue weighted by molar-refractivity contribution is 1.13. The Kier molecular flexibility index (Phi) is 8.28. The van der Waals surface area contributed by atoms with Gasteiger partial charge in [-0.1, -0.05) is 91.1 Å². The molecule has 0 atom stereocenters. The van der Waals surface area contributed by atoms with Crippen LogP contribution in [0.3, 0.4) is 0 Å². The normalized spacial score (nSPS) is 11.9. The maximum atomic E-state index is 2.19. The Morgan fingerprint density at radius 3 is 1.12 bits per heavy atom. The van der Waals surface area contributed by atoms with E-state index >= 15 is 0 Å². The number of nitrogens with zero attached hydrogens (tertiary/aromatic N) is 2. The fourth-order valence-corrected chi connectivity index (χ4v) is 3.20. The second-order valence-electron chi connectivity index (χ2n) is 8.08. The van der Waals surface area contributed by atoms with Gasteiger partial charge in [-0.05, 0) is 52.6 Å². The molecule has 3 aromatic carbocycles. The molecule has 3 rings (SSSR count). The van der Waals surface area contributed by atoms with Crippen LogP contribution in [0.4, 0.5) is 11.4 Å². The highest BCUT2D eigenvalue weighted by Gasteiger charge is 1.94. The van der Waals surface area contributed by atoms with Crippen molar-refractivity contribution in [2.45, 2.75) is 0 Å². The molecule has 0 saturated heterocycles. The summed E-state index contributed by atoms with van der Waals surface area (Å²) in [6, 6.07) is 25.6. The van der Waals surface area contributed by atoms with Gasteiger partial charge in [-0.3, -0.25) is 0 Å². The number of anilines is 2. The second-order valence-corrected chi connectivity index (χ2v) is 8.08. The number of hydrogen-bond acceptors (Lipinski definition) is 2. The molecule has 0 radical (unpaired) electrons. The zero-order chi connectivity index (χ0) is 22.8. The summed E-state index contributed by atoms with van der Waals surface area (Å²) in [6.07, 6.45) is 16.8. The summed E-state index contributed by atoms with van der Waals surface area (Å²) < 4.78 is 0. The van der Waals surface area contributed by atoms with E-state index < -0.39 is 0 Å². The first-order valence-corrected chi connectivity index (χ1v) is 10.9. The van der Waals surface area contributed by atoms with Gasteiger partial charge in [-0.15, -0.1) is 0 Å². The molecule has 0 amide bonds. The number of benzene rings is 3. The molecule has 0 N–H and O–H groups in total. The van der Waals surface area contributed by atoms with Gasteiger partial charge in [0, 0.05) is 39.6 Å². The largest absolute Gasteiger partial charge is 0.378 e. The van der Waals surface area contributed by atoms with Crippen LogP contribution < -0.4 is 9.80 Å². The molecule has 0 fully saturated rings. The molecular weight excluding hydrogens is 388 g/mol. The molecule has 0 unspecified atom stereocenters. The maximum Gasteiger partial charge on any atom is 0.0361 e. The van der Waals surface area contributed by atoms with Crippen molar-refractivity contribution in [1.82, 2.24) is 0 Å². The summed E-state index contributed by atoms with van der Waals surface area (Å²) in [5, 5.41) is 0. The lowest BCUT2D eigenvalue weighted by Crippen LogP contribution is -2.07. The first-order chi connectivity index (χ1) is 15.5. The van der Waals surface area contributed by atoms with E-state index in [1.165, 1.54) is 33.6 Å². The van der Waals surface area contributed by atoms with E-state index in [0.717, 1.165) is 0 Å². The van der Waals surface area contributed by atoms with Gasteiger partial charge in [-0.2, -0.15) is 0 Å². The van der Waals surface area contributed by atoms with Crippen LogP contribution in [-0.2, 0) is 0 Å². The fraction of sp³-hybridized carbons (Fsp3) is 0.133. The first kappa shape index (κ1) is 22.9. The molecule has 0 spiro atoms. The van der Waals surface area contributed by atoms with Gasteiger partial charge < -0.3 is 9.80 Å². The van der Waals surface area contributed by atoms with Crippen LogP contribution >= 0.6 is 0 Å².